The molecule has 6 saturated heterocycles. The van der Waals surface area contributed by atoms with E-state index in [1.165, 1.54) is 0 Å². The first-order valence-electron chi connectivity index (χ1n) is 42.9. The number of nitrogens with zero attached hydrogens (tertiary/aromatic N) is 15. The molecule has 29 heteroatoms. The van der Waals surface area contributed by atoms with Crippen LogP contribution < -0.4 is 45.3 Å². The molecule has 0 spiro atoms. The summed E-state index contributed by atoms with van der Waals surface area (Å²) in [5.41, 5.74) is 17.4. The Labute approximate surface area is 731 Å². The van der Waals surface area contributed by atoms with E-state index in [1.54, 1.807) is 58.3 Å². The molecule has 9 aromatic heterocycles. The van der Waals surface area contributed by atoms with Crippen molar-refractivity contribution in [1.82, 2.24) is 75.8 Å². The predicted molar refractivity (Wildman–Crippen MR) is 488 cm³/mol. The van der Waals surface area contributed by atoms with Crippen LogP contribution in [0, 0.1) is 35.5 Å². The van der Waals surface area contributed by atoms with Crippen molar-refractivity contribution in [3.63, 3.8) is 0 Å². The quantitative estimate of drug-likeness (QED) is 0.0290. The fourth-order valence-electron chi connectivity index (χ4n) is 16.8. The van der Waals surface area contributed by atoms with E-state index in [-0.39, 0.29) is 54.1 Å². The number of H-pyrrole nitrogens is 3. The minimum absolute atomic E-state index is 0.0485. The first-order valence-corrected chi connectivity index (χ1v) is 42.9. The molecule has 0 radical (unpaired) electrons. The summed E-state index contributed by atoms with van der Waals surface area (Å²) in [6.45, 7) is 23.0. The number of carbonyl (C=O) groups excluding carboxylic acids is 5. The monoisotopic (exact) mass is 1690 g/mol. The topological polar surface area (TPSA) is 332 Å². The van der Waals surface area contributed by atoms with Gasteiger partial charge in [0.15, 0.2) is 0 Å². The van der Waals surface area contributed by atoms with Crippen molar-refractivity contribution in [3.05, 3.63) is 211 Å². The maximum absolute atomic E-state index is 13.0. The number of carbonyl (C=O) groups is 5. The maximum atomic E-state index is 13.0. The van der Waals surface area contributed by atoms with Crippen LogP contribution in [0.15, 0.2) is 177 Å². The van der Waals surface area contributed by atoms with Crippen LogP contribution >= 0.6 is 0 Å². The average Bonchev–Trinajstić information content (AvgIpc) is 1.67. The number of Topliss-reactive ketones (excluding diaryl/α,β-unsaturated/α-hetero) is 3. The molecule has 15 heterocycles. The lowest BCUT2D eigenvalue weighted by atomic mass is 10.0. The van der Waals surface area contributed by atoms with Crippen molar-refractivity contribution in [2.24, 2.45) is 0 Å². The van der Waals surface area contributed by atoms with Gasteiger partial charge in [0.25, 0.3) is 11.8 Å². The number of hydrogen-bond donors (Lipinski definition) is 6. The summed E-state index contributed by atoms with van der Waals surface area (Å²) in [6, 6.07) is 42.8. The molecular formula is C97H101N21O8. The van der Waals surface area contributed by atoms with Crippen LogP contribution in [0.5, 0.6) is 0 Å². The second kappa shape index (κ2) is 40.9. The second-order valence-electron chi connectivity index (χ2n) is 32.0. The van der Waals surface area contributed by atoms with E-state index in [0.29, 0.717) is 84.5 Å². The second-order valence-corrected chi connectivity index (χ2v) is 32.0. The zero-order valence-electron chi connectivity index (χ0n) is 71.1. The standard InChI is InChI=1S/C33H35N7O3.C32H33N7O3.C32H33N7O2/c1-2-4-31(42)37-25-5-3-12-40(21-25)27-10-11-34-26(18-27)19-28(41)17-23-6-8-24(9-7-23)30-20-29-32(38-30)35-22-36-33(29)39-13-15-43-16-14-39;1-2-3-30(41)36-24-9-11-39(20-24)26-8-10-33-25(17-26)18-27(40)16-22-4-6-23(7-5-22)29-19-28-31(37-29)34-21-35-32(28)38-12-14-42-15-13-38;1-3-4-22(2)36-26-19-39(20-26)27-9-10-33-25(16-27)17-28(40)15-23-5-7-24(8-6-23)30-18-29-31(37-30)34-21-35-32(29)38-11-13-41-14-12-38/h6-11,18,20,22,25H,3,5,12-17,19,21H2,1H3,(H,37,42)(H,35,36,38);4-8,10,17,19,21,24H,9,11-16,18,20H2,1H3,(H,36,41)(H,34,35,37);5-10,16,18,21,26,36H,2,11-15,17,19-20H2,1H3,(H,34,35,37). The lowest BCUT2D eigenvalue weighted by Gasteiger charge is -2.41. The zero-order chi connectivity index (χ0) is 86.7. The van der Waals surface area contributed by atoms with Crippen LogP contribution in [0.25, 0.3) is 66.9 Å². The lowest BCUT2D eigenvalue weighted by molar-refractivity contribution is -0.118. The summed E-state index contributed by atoms with van der Waals surface area (Å²) < 4.78 is 16.5. The Morgan fingerprint density at radius 1 is 0.373 bits per heavy atom. The number of pyridine rings is 3. The van der Waals surface area contributed by atoms with E-state index in [4.69, 9.17) is 14.2 Å². The molecule has 0 aliphatic carbocycles. The molecule has 0 bridgehead atoms. The molecule has 2 atom stereocenters. The molecular weight excluding hydrogens is 1590 g/mol. The lowest BCUT2D eigenvalue weighted by Crippen LogP contribution is -2.57. The number of benzene rings is 3. The van der Waals surface area contributed by atoms with Crippen molar-refractivity contribution in [1.29, 1.82) is 0 Å². The normalized spacial score (nSPS) is 16.3. The first-order chi connectivity index (χ1) is 61.7. The van der Waals surface area contributed by atoms with Crippen LogP contribution in [-0.2, 0) is 76.7 Å². The van der Waals surface area contributed by atoms with Crippen LogP contribution in [0.1, 0.15) is 73.8 Å². The molecule has 0 saturated carbocycles. The van der Waals surface area contributed by atoms with Gasteiger partial charge in [-0.15, -0.1) is 0 Å². The highest BCUT2D eigenvalue weighted by Gasteiger charge is 2.30. The number of allylic oxidation sites excluding steroid dienone is 1. The summed E-state index contributed by atoms with van der Waals surface area (Å²) in [4.78, 5) is 127. The van der Waals surface area contributed by atoms with E-state index in [9.17, 15) is 24.0 Å². The number of aromatic amines is 3. The summed E-state index contributed by atoms with van der Waals surface area (Å²) in [6.07, 6.45) is 14.7. The van der Waals surface area contributed by atoms with Crippen LogP contribution in [0.3, 0.4) is 0 Å². The Morgan fingerprint density at radius 2 is 0.714 bits per heavy atom. The van der Waals surface area contributed by atoms with E-state index >= 15 is 0 Å². The molecule has 6 aliphatic heterocycles. The van der Waals surface area contributed by atoms with Gasteiger partial charge in [-0.25, -0.2) is 29.9 Å². The van der Waals surface area contributed by atoms with Gasteiger partial charge in [0.05, 0.1) is 67.5 Å². The van der Waals surface area contributed by atoms with Gasteiger partial charge in [-0.2, -0.15) is 0 Å². The number of anilines is 6. The van der Waals surface area contributed by atoms with Crippen LogP contribution in [0.4, 0.5) is 34.5 Å². The smallest absolute Gasteiger partial charge is 0.296 e. The number of rotatable bonds is 25. The molecule has 642 valence electrons. The number of ether oxygens (including phenoxy) is 3. The van der Waals surface area contributed by atoms with Crippen LogP contribution in [0.2, 0.25) is 0 Å². The van der Waals surface area contributed by atoms with E-state index in [2.05, 4.69) is 165 Å². The maximum Gasteiger partial charge on any atom is 0.296 e. The van der Waals surface area contributed by atoms with Gasteiger partial charge in [0, 0.05) is 199 Å². The zero-order valence-corrected chi connectivity index (χ0v) is 71.1. The van der Waals surface area contributed by atoms with Crippen molar-refractivity contribution in [2.75, 3.05) is 148 Å². The average molecular weight is 1690 g/mol. The molecule has 6 aliphatic rings. The van der Waals surface area contributed by atoms with Crippen LogP contribution in [-0.4, -0.2) is 225 Å². The Balaban J connectivity index is 0.000000139. The number of piperidine rings is 1. The molecule has 2 amide bonds. The van der Waals surface area contributed by atoms with Gasteiger partial charge in [-0.1, -0.05) is 103 Å². The molecule has 29 nitrogen and oxygen atoms in total. The largest absolute Gasteiger partial charge is 0.378 e. The highest BCUT2D eigenvalue weighted by Crippen LogP contribution is 2.35. The number of aromatic nitrogens is 12. The van der Waals surface area contributed by atoms with Gasteiger partial charge >= 0.3 is 0 Å². The van der Waals surface area contributed by atoms with Crippen molar-refractivity contribution >= 4 is 96.8 Å². The van der Waals surface area contributed by atoms with Crippen molar-refractivity contribution in [3.8, 4) is 69.3 Å². The Bertz CT molecular complexity index is 6110. The van der Waals surface area contributed by atoms with Gasteiger partial charge < -0.3 is 74.5 Å². The molecule has 3 aromatic carbocycles. The Hall–Kier alpha value is -14.2. The molecule has 12 aromatic rings. The third-order valence-corrected chi connectivity index (χ3v) is 23.1. The minimum Gasteiger partial charge on any atom is -0.378 e. The highest BCUT2D eigenvalue weighted by atomic mass is 16.5. The van der Waals surface area contributed by atoms with Gasteiger partial charge in [0.2, 0.25) is 0 Å². The number of hydrogen-bond acceptors (Lipinski definition) is 24. The predicted octanol–water partition coefficient (Wildman–Crippen LogP) is 9.77. The molecule has 2 unspecified atom stereocenters. The Morgan fingerprint density at radius 3 is 1.08 bits per heavy atom. The fraction of sp³-hybridized carbons (Fsp3) is 0.340. The van der Waals surface area contributed by atoms with Crippen molar-refractivity contribution in [2.45, 2.75) is 96.7 Å². The summed E-state index contributed by atoms with van der Waals surface area (Å²) in [5.74, 6) is 18.8. The molecule has 126 heavy (non-hydrogen) atoms. The third-order valence-electron chi connectivity index (χ3n) is 23.1. The summed E-state index contributed by atoms with van der Waals surface area (Å²) in [5, 5.41) is 12.3. The third kappa shape index (κ3) is 21.9. The van der Waals surface area contributed by atoms with E-state index in [1.807, 2.05) is 109 Å². The number of nitrogens with one attached hydrogen (secondary N) is 6. The number of amides is 2. The molecule has 18 rings (SSSR count). The minimum atomic E-state index is -0.244. The van der Waals surface area contributed by atoms with Gasteiger partial charge in [0.1, 0.15) is 70.7 Å². The van der Waals surface area contributed by atoms with Gasteiger partial charge in [-0.3, -0.25) is 38.9 Å². The summed E-state index contributed by atoms with van der Waals surface area (Å²) in [7, 11) is 0. The fourth-order valence-corrected chi connectivity index (χ4v) is 16.8. The number of fused-ring (bicyclic) bond motifs is 3. The van der Waals surface area contributed by atoms with E-state index < -0.39 is 0 Å². The Kier molecular flexibility index (Phi) is 27.7. The number of morpholine rings is 3. The highest BCUT2D eigenvalue weighted by molar-refractivity contribution is 5.96. The van der Waals surface area contributed by atoms with E-state index in [0.717, 1.165) is 226 Å². The molecule has 6 fully saturated rings. The SMILES string of the molecule is C=C(C#CC)NC1CN(c2ccnc(CC(=O)Cc3ccc(-c4cc5c(N6CCOCC6)ncnc5[nH]4)cc3)c2)C1.CC#CC(=O)NC1CCCN(c2ccnc(CC(=O)Cc3ccc(-c4cc5c(N6CCOCC6)ncnc5[nH]4)cc3)c2)C1.CC#CC(=O)NC1CCN(c2ccnc(CC(=O)Cc3ccc(-c4cc5c(N6CCOCC6)ncnc5[nH]4)cc3)c2)C1. The first kappa shape index (κ1) is 85.4. The van der Waals surface area contributed by atoms with Crippen molar-refractivity contribution < 1.29 is 38.2 Å². The van der Waals surface area contributed by atoms with Gasteiger partial charge in [-0.05, 0) is 140 Å². The number of ketones is 3. The summed E-state index contributed by atoms with van der Waals surface area (Å²) >= 11 is 0. The molecule has 6 N–H and O–H groups in total.